The summed E-state index contributed by atoms with van der Waals surface area (Å²) in [7, 11) is 0. The molecule has 154 valence electrons. The maximum absolute atomic E-state index is 12.8. The average molecular weight is 442 g/mol. The maximum Gasteiger partial charge on any atom is 0.410 e. The summed E-state index contributed by atoms with van der Waals surface area (Å²) in [5, 5.41) is 5.75. The Morgan fingerprint density at radius 3 is 2.73 bits per heavy atom. The molecule has 1 aliphatic heterocycles. The molecular weight excluding hydrogens is 422 g/mol. The van der Waals surface area contributed by atoms with Gasteiger partial charge in [0.05, 0.1) is 5.69 Å². The monoisotopic (exact) mass is 441 g/mol. The second-order valence-electron chi connectivity index (χ2n) is 6.90. The van der Waals surface area contributed by atoms with Crippen LogP contribution in [0.5, 0.6) is 0 Å². The van der Waals surface area contributed by atoms with Crippen LogP contribution in [0.15, 0.2) is 60.0 Å². The lowest BCUT2D eigenvalue weighted by molar-refractivity contribution is -0.120. The number of rotatable bonds is 5. The number of hydrogen-bond acceptors (Lipinski definition) is 5. The van der Waals surface area contributed by atoms with Crippen LogP contribution >= 0.6 is 22.9 Å². The summed E-state index contributed by atoms with van der Waals surface area (Å²) in [6, 6.07) is 16.3. The van der Waals surface area contributed by atoms with Crippen molar-refractivity contribution >= 4 is 40.1 Å². The van der Waals surface area contributed by atoms with Crippen molar-refractivity contribution in [3.8, 4) is 11.3 Å². The summed E-state index contributed by atoms with van der Waals surface area (Å²) in [6.07, 6.45) is 0.864. The van der Waals surface area contributed by atoms with Gasteiger partial charge in [0.1, 0.15) is 12.6 Å². The fourth-order valence-corrected chi connectivity index (χ4v) is 4.32. The molecule has 1 fully saturated rings. The number of carbonyl (C=O) groups excluding carboxylic acids is 2. The van der Waals surface area contributed by atoms with Crippen molar-refractivity contribution in [2.45, 2.75) is 25.5 Å². The van der Waals surface area contributed by atoms with Crippen LogP contribution in [0.4, 0.5) is 9.93 Å². The molecule has 6 nitrogen and oxygen atoms in total. The number of thiazole rings is 1. The molecule has 4 rings (SSSR count). The fourth-order valence-electron chi connectivity index (χ4n) is 3.37. The van der Waals surface area contributed by atoms with Crippen LogP contribution < -0.4 is 5.32 Å². The largest absolute Gasteiger partial charge is 0.445 e. The number of likely N-dealkylation sites (tertiary alicyclic amines) is 1. The fraction of sp³-hybridized carbons (Fsp3) is 0.227. The number of nitrogens with one attached hydrogen (secondary N) is 1. The van der Waals surface area contributed by atoms with E-state index in [0.717, 1.165) is 17.5 Å². The molecule has 30 heavy (non-hydrogen) atoms. The third-order valence-corrected chi connectivity index (χ3v) is 5.97. The minimum Gasteiger partial charge on any atom is -0.445 e. The van der Waals surface area contributed by atoms with E-state index < -0.39 is 12.1 Å². The van der Waals surface area contributed by atoms with Gasteiger partial charge in [0.25, 0.3) is 0 Å². The van der Waals surface area contributed by atoms with Crippen molar-refractivity contribution in [2.24, 2.45) is 0 Å². The Bertz CT molecular complexity index is 1040. The summed E-state index contributed by atoms with van der Waals surface area (Å²) in [5.74, 6) is -0.260. The normalized spacial score (nSPS) is 15.8. The number of halogens is 1. The standard InChI is InChI=1S/C22H20ClN3O3S/c23-17-10-5-4-9-16(17)18-14-30-21(24-18)25-20(27)19-11-6-12-26(19)22(28)29-13-15-7-2-1-3-8-15/h1-5,7-10,14,19H,6,11-13H2,(H,24,25,27). The molecule has 0 aliphatic carbocycles. The number of benzene rings is 2. The zero-order chi connectivity index (χ0) is 20.9. The van der Waals surface area contributed by atoms with Gasteiger partial charge in [-0.2, -0.15) is 0 Å². The van der Waals surface area contributed by atoms with Gasteiger partial charge in [-0.15, -0.1) is 11.3 Å². The molecule has 0 radical (unpaired) electrons. The third kappa shape index (κ3) is 4.63. The van der Waals surface area contributed by atoms with Crippen molar-refractivity contribution in [2.75, 3.05) is 11.9 Å². The summed E-state index contributed by atoms with van der Waals surface area (Å²) in [6.45, 7) is 0.673. The van der Waals surface area contributed by atoms with Crippen LogP contribution in [-0.2, 0) is 16.1 Å². The van der Waals surface area contributed by atoms with E-state index in [1.165, 1.54) is 16.2 Å². The highest BCUT2D eigenvalue weighted by Crippen LogP contribution is 2.30. The molecule has 1 aliphatic rings. The van der Waals surface area contributed by atoms with Crippen molar-refractivity contribution < 1.29 is 14.3 Å². The van der Waals surface area contributed by atoms with E-state index in [-0.39, 0.29) is 12.5 Å². The van der Waals surface area contributed by atoms with Crippen molar-refractivity contribution in [3.63, 3.8) is 0 Å². The van der Waals surface area contributed by atoms with Crippen molar-refractivity contribution in [3.05, 3.63) is 70.6 Å². The number of hydrogen-bond donors (Lipinski definition) is 1. The Morgan fingerprint density at radius 1 is 1.17 bits per heavy atom. The quantitative estimate of drug-likeness (QED) is 0.590. The predicted molar refractivity (Wildman–Crippen MR) is 118 cm³/mol. The second-order valence-corrected chi connectivity index (χ2v) is 8.16. The van der Waals surface area contributed by atoms with E-state index in [1.54, 1.807) is 6.07 Å². The van der Waals surface area contributed by atoms with Gasteiger partial charge < -0.3 is 10.1 Å². The first-order chi connectivity index (χ1) is 14.6. The highest BCUT2D eigenvalue weighted by molar-refractivity contribution is 7.14. The maximum atomic E-state index is 12.8. The van der Waals surface area contributed by atoms with Gasteiger partial charge in [-0.1, -0.05) is 60.1 Å². The summed E-state index contributed by atoms with van der Waals surface area (Å²) >= 11 is 7.55. The number of amides is 2. The zero-order valence-electron chi connectivity index (χ0n) is 16.1. The minimum absolute atomic E-state index is 0.179. The predicted octanol–water partition coefficient (Wildman–Crippen LogP) is 5.20. The molecule has 2 heterocycles. The first-order valence-corrected chi connectivity index (χ1v) is 10.9. The van der Waals surface area contributed by atoms with Crippen LogP contribution in [0.3, 0.4) is 0 Å². The lowest BCUT2D eigenvalue weighted by Gasteiger charge is -2.22. The lowest BCUT2D eigenvalue weighted by atomic mass is 10.2. The van der Waals surface area contributed by atoms with E-state index in [9.17, 15) is 9.59 Å². The molecule has 2 amide bonds. The summed E-state index contributed by atoms with van der Waals surface area (Å²) in [5.41, 5.74) is 2.41. The molecule has 1 N–H and O–H groups in total. The SMILES string of the molecule is O=C(Nc1nc(-c2ccccc2Cl)cs1)C1CCCN1C(=O)OCc1ccccc1. The number of nitrogens with zero attached hydrogens (tertiary/aromatic N) is 2. The van der Waals surface area contributed by atoms with E-state index in [2.05, 4.69) is 10.3 Å². The first-order valence-electron chi connectivity index (χ1n) is 9.60. The van der Waals surface area contributed by atoms with Crippen molar-refractivity contribution in [1.82, 2.24) is 9.88 Å². The van der Waals surface area contributed by atoms with E-state index in [1.807, 2.05) is 53.9 Å². The summed E-state index contributed by atoms with van der Waals surface area (Å²) in [4.78, 5) is 31.3. The van der Waals surface area contributed by atoms with Gasteiger partial charge in [0, 0.05) is 22.5 Å². The van der Waals surface area contributed by atoms with Gasteiger partial charge in [-0.25, -0.2) is 9.78 Å². The van der Waals surface area contributed by atoms with Crippen LogP contribution in [0, 0.1) is 0 Å². The number of ether oxygens (including phenoxy) is 1. The number of aromatic nitrogens is 1. The molecule has 1 aromatic heterocycles. The Hall–Kier alpha value is -2.90. The molecule has 1 unspecified atom stereocenters. The Labute approximate surface area is 183 Å². The molecule has 0 spiro atoms. The molecule has 0 saturated carbocycles. The average Bonchev–Trinajstić information content (AvgIpc) is 3.43. The molecule has 8 heteroatoms. The van der Waals surface area contributed by atoms with Crippen LogP contribution in [-0.4, -0.2) is 34.5 Å². The molecule has 0 bridgehead atoms. The van der Waals surface area contributed by atoms with E-state index >= 15 is 0 Å². The van der Waals surface area contributed by atoms with Crippen LogP contribution in [0.1, 0.15) is 18.4 Å². The number of anilines is 1. The minimum atomic E-state index is -0.569. The van der Waals surface area contributed by atoms with Gasteiger partial charge in [-0.3, -0.25) is 9.69 Å². The first kappa shape index (κ1) is 20.4. The van der Waals surface area contributed by atoms with Gasteiger partial charge in [0.2, 0.25) is 5.91 Å². The topological polar surface area (TPSA) is 71.5 Å². The second kappa shape index (κ2) is 9.28. The number of carbonyl (C=O) groups is 2. The Morgan fingerprint density at radius 2 is 1.93 bits per heavy atom. The van der Waals surface area contributed by atoms with E-state index in [0.29, 0.717) is 28.8 Å². The molecule has 2 aromatic carbocycles. The highest BCUT2D eigenvalue weighted by atomic mass is 35.5. The Kier molecular flexibility index (Phi) is 6.30. The molecule has 1 atom stereocenters. The van der Waals surface area contributed by atoms with E-state index in [4.69, 9.17) is 16.3 Å². The summed E-state index contributed by atoms with van der Waals surface area (Å²) < 4.78 is 5.40. The van der Waals surface area contributed by atoms with Gasteiger partial charge >= 0.3 is 6.09 Å². The van der Waals surface area contributed by atoms with Crippen molar-refractivity contribution in [1.29, 1.82) is 0 Å². The van der Waals surface area contributed by atoms with Crippen LogP contribution in [0.25, 0.3) is 11.3 Å². The highest BCUT2D eigenvalue weighted by Gasteiger charge is 2.35. The molecule has 3 aromatic rings. The Balaban J connectivity index is 1.38. The smallest absolute Gasteiger partial charge is 0.410 e. The third-order valence-electron chi connectivity index (χ3n) is 4.88. The zero-order valence-corrected chi connectivity index (χ0v) is 17.7. The molecular formula is C22H20ClN3O3S. The van der Waals surface area contributed by atoms with Gasteiger partial charge in [0.15, 0.2) is 5.13 Å². The van der Waals surface area contributed by atoms with Gasteiger partial charge in [-0.05, 0) is 24.5 Å². The molecule has 1 saturated heterocycles. The lowest BCUT2D eigenvalue weighted by Crippen LogP contribution is -2.43. The van der Waals surface area contributed by atoms with Crippen LogP contribution in [0.2, 0.25) is 5.02 Å².